The quantitative estimate of drug-likeness (QED) is 0.207. The highest BCUT2D eigenvalue weighted by Gasteiger charge is 2.46. The number of halogens is 1. The normalized spacial score (nSPS) is 16.9. The number of carbonyl (C=O) groups excluding carboxylic acids is 2. The minimum atomic E-state index is -0.832. The van der Waals surface area contributed by atoms with Gasteiger partial charge in [-0.25, -0.2) is 0 Å². The van der Waals surface area contributed by atoms with E-state index in [0.29, 0.717) is 11.3 Å². The van der Waals surface area contributed by atoms with Crippen LogP contribution in [0.1, 0.15) is 49.1 Å². The van der Waals surface area contributed by atoms with Crippen LogP contribution in [0, 0.1) is 6.92 Å². The van der Waals surface area contributed by atoms with Crippen molar-refractivity contribution in [2.75, 3.05) is 14.2 Å². The third kappa shape index (κ3) is 5.88. The highest BCUT2D eigenvalue weighted by atomic mass is 35.5. The van der Waals surface area contributed by atoms with Gasteiger partial charge in [-0.15, -0.1) is 0 Å². The number of methoxy groups -OCH3 is 2. The summed E-state index contributed by atoms with van der Waals surface area (Å²) in [6.07, 6.45) is 0. The average molecular weight is 550 g/mol. The molecule has 1 atom stereocenters. The van der Waals surface area contributed by atoms with Crippen molar-refractivity contribution in [3.05, 3.63) is 93.5 Å². The summed E-state index contributed by atoms with van der Waals surface area (Å²) in [4.78, 5) is 28.4. The van der Waals surface area contributed by atoms with E-state index in [1.807, 2.05) is 76.2 Å². The van der Waals surface area contributed by atoms with Gasteiger partial charge >= 0.3 is 0 Å². The van der Waals surface area contributed by atoms with Crippen molar-refractivity contribution in [1.29, 1.82) is 0 Å². The molecule has 0 aromatic heterocycles. The Morgan fingerprint density at radius 2 is 1.64 bits per heavy atom. The molecule has 1 saturated heterocycles. The maximum atomic E-state index is 13.5. The lowest BCUT2D eigenvalue weighted by Gasteiger charge is -2.26. The fraction of sp³-hybridized carbons (Fsp3) is 0.290. The second-order valence-electron chi connectivity index (χ2n) is 10.4. The number of Topliss-reactive ketones (excluding diaryl/α,β-unsaturated/α-hetero) is 1. The van der Waals surface area contributed by atoms with Crippen LogP contribution in [-0.4, -0.2) is 41.5 Å². The zero-order valence-electron chi connectivity index (χ0n) is 22.9. The number of aryl methyl sites for hydroxylation is 1. The summed E-state index contributed by atoms with van der Waals surface area (Å²) < 4.78 is 16.7. The Balaban J connectivity index is 1.83. The van der Waals surface area contributed by atoms with Gasteiger partial charge in [-0.3, -0.25) is 9.59 Å². The average Bonchev–Trinajstić information content (AvgIpc) is 3.13. The Morgan fingerprint density at radius 3 is 2.23 bits per heavy atom. The van der Waals surface area contributed by atoms with Crippen molar-refractivity contribution in [3.8, 4) is 17.2 Å². The van der Waals surface area contributed by atoms with Crippen molar-refractivity contribution in [3.63, 3.8) is 0 Å². The van der Waals surface area contributed by atoms with Crippen molar-refractivity contribution in [1.82, 2.24) is 4.90 Å². The fourth-order valence-corrected chi connectivity index (χ4v) is 4.86. The molecule has 1 unspecified atom stereocenters. The monoisotopic (exact) mass is 549 g/mol. The molecule has 0 aliphatic carbocycles. The molecular weight excluding hydrogens is 518 g/mol. The van der Waals surface area contributed by atoms with E-state index < -0.39 is 17.7 Å². The number of hydrogen-bond acceptors (Lipinski definition) is 6. The second-order valence-corrected chi connectivity index (χ2v) is 10.8. The molecule has 0 spiro atoms. The Labute approximate surface area is 233 Å². The fourth-order valence-electron chi connectivity index (χ4n) is 4.63. The first kappa shape index (κ1) is 28.0. The summed E-state index contributed by atoms with van der Waals surface area (Å²) in [5.74, 6) is -0.643. The van der Waals surface area contributed by atoms with Crippen LogP contribution < -0.4 is 14.2 Å². The first-order valence-corrected chi connectivity index (χ1v) is 12.9. The lowest BCUT2D eigenvalue weighted by molar-refractivity contribution is -0.140. The minimum absolute atomic E-state index is 0.0408. The number of aliphatic hydroxyl groups excluding tert-OH is 1. The van der Waals surface area contributed by atoms with E-state index >= 15 is 0 Å². The summed E-state index contributed by atoms with van der Waals surface area (Å²) >= 11 is 6.26. The maximum Gasteiger partial charge on any atom is 0.295 e. The number of amides is 1. The van der Waals surface area contributed by atoms with Gasteiger partial charge in [0, 0.05) is 12.6 Å². The molecule has 4 rings (SSSR count). The van der Waals surface area contributed by atoms with E-state index in [4.69, 9.17) is 25.8 Å². The molecule has 7 nitrogen and oxygen atoms in total. The topological polar surface area (TPSA) is 85.3 Å². The number of nitrogens with zero attached hydrogens (tertiary/aromatic N) is 1. The predicted octanol–water partition coefficient (Wildman–Crippen LogP) is 6.46. The Bertz CT molecular complexity index is 1440. The molecule has 1 heterocycles. The second kappa shape index (κ2) is 11.0. The molecule has 39 heavy (non-hydrogen) atoms. The number of likely N-dealkylation sites (tertiary alicyclic amines) is 1. The van der Waals surface area contributed by atoms with E-state index in [1.165, 1.54) is 31.3 Å². The van der Waals surface area contributed by atoms with Gasteiger partial charge in [0.15, 0.2) is 0 Å². The Kier molecular flexibility index (Phi) is 7.93. The van der Waals surface area contributed by atoms with Gasteiger partial charge in [-0.05, 0) is 57.0 Å². The van der Waals surface area contributed by atoms with Gasteiger partial charge in [0.2, 0.25) is 0 Å². The number of ether oxygens (including phenoxy) is 3. The molecule has 8 heteroatoms. The van der Waals surface area contributed by atoms with Crippen LogP contribution >= 0.6 is 11.6 Å². The lowest BCUT2D eigenvalue weighted by Crippen LogP contribution is -2.29. The van der Waals surface area contributed by atoms with Crippen LogP contribution in [0.3, 0.4) is 0 Å². The smallest absolute Gasteiger partial charge is 0.295 e. The summed E-state index contributed by atoms with van der Waals surface area (Å²) in [5, 5.41) is 11.8. The van der Waals surface area contributed by atoms with Crippen LogP contribution in [-0.2, 0) is 16.1 Å². The number of aliphatic hydroxyl groups is 1. The summed E-state index contributed by atoms with van der Waals surface area (Å²) in [5.41, 5.74) is 2.26. The van der Waals surface area contributed by atoms with Gasteiger partial charge in [-0.2, -0.15) is 0 Å². The number of hydrogen-bond donors (Lipinski definition) is 1. The predicted molar refractivity (Wildman–Crippen MR) is 150 cm³/mol. The van der Waals surface area contributed by atoms with Gasteiger partial charge in [0.05, 0.1) is 36.4 Å². The van der Waals surface area contributed by atoms with E-state index in [9.17, 15) is 14.7 Å². The van der Waals surface area contributed by atoms with E-state index in [2.05, 4.69) is 0 Å². The highest BCUT2D eigenvalue weighted by molar-refractivity contribution is 6.46. The van der Waals surface area contributed by atoms with E-state index in [0.717, 1.165) is 11.1 Å². The van der Waals surface area contributed by atoms with Crippen LogP contribution in [0.4, 0.5) is 0 Å². The molecule has 1 fully saturated rings. The Hall–Kier alpha value is -3.97. The number of benzene rings is 3. The SMILES string of the molecule is COc1cc(/C(O)=C2\C(=O)C(=O)N(Cc3ccc(OC(C)(C)C)cc3)C2c2cccc(C)c2)c(OC)cc1Cl. The van der Waals surface area contributed by atoms with Crippen LogP contribution in [0.15, 0.2) is 66.2 Å². The standard InChI is InChI=1S/C31H32ClNO6/c1-18-8-7-9-20(14-18)27-26(28(34)22-15-25(38-6)23(32)16-24(22)37-5)29(35)30(36)33(27)17-19-10-12-21(13-11-19)39-31(2,3)4/h7-16,27,34H,17H2,1-6H3/b28-26+. The van der Waals surface area contributed by atoms with Crippen LogP contribution in [0.25, 0.3) is 5.76 Å². The van der Waals surface area contributed by atoms with Gasteiger partial charge in [0.25, 0.3) is 11.7 Å². The zero-order chi connectivity index (χ0) is 28.5. The molecule has 0 radical (unpaired) electrons. The molecule has 0 bridgehead atoms. The van der Waals surface area contributed by atoms with Gasteiger partial charge in [0.1, 0.15) is 28.6 Å². The summed E-state index contributed by atoms with van der Waals surface area (Å²) in [6.45, 7) is 7.97. The number of ketones is 1. The molecule has 1 amide bonds. The first-order valence-electron chi connectivity index (χ1n) is 12.5. The van der Waals surface area contributed by atoms with Crippen molar-refractivity contribution in [2.45, 2.75) is 45.9 Å². The molecule has 3 aromatic rings. The molecule has 1 N–H and O–H groups in total. The van der Waals surface area contributed by atoms with Crippen molar-refractivity contribution < 1.29 is 28.9 Å². The first-order chi connectivity index (χ1) is 18.4. The molecule has 3 aromatic carbocycles. The third-order valence-corrected chi connectivity index (χ3v) is 6.62. The zero-order valence-corrected chi connectivity index (χ0v) is 23.6. The number of carbonyl (C=O) groups is 2. The number of rotatable bonds is 7. The van der Waals surface area contributed by atoms with Gasteiger partial charge < -0.3 is 24.2 Å². The molecule has 204 valence electrons. The molecule has 1 aliphatic heterocycles. The van der Waals surface area contributed by atoms with E-state index in [-0.39, 0.29) is 45.6 Å². The largest absolute Gasteiger partial charge is 0.507 e. The maximum absolute atomic E-state index is 13.5. The van der Waals surface area contributed by atoms with Crippen molar-refractivity contribution in [2.24, 2.45) is 0 Å². The highest BCUT2D eigenvalue weighted by Crippen LogP contribution is 2.43. The van der Waals surface area contributed by atoms with Crippen LogP contribution in [0.2, 0.25) is 5.02 Å². The Morgan fingerprint density at radius 1 is 0.974 bits per heavy atom. The molecular formula is C31H32ClNO6. The van der Waals surface area contributed by atoms with Crippen LogP contribution in [0.5, 0.6) is 17.2 Å². The third-order valence-electron chi connectivity index (χ3n) is 6.33. The van der Waals surface area contributed by atoms with Gasteiger partial charge in [-0.1, -0.05) is 53.6 Å². The minimum Gasteiger partial charge on any atom is -0.507 e. The molecule has 0 saturated carbocycles. The summed E-state index contributed by atoms with van der Waals surface area (Å²) in [7, 11) is 2.87. The van der Waals surface area contributed by atoms with E-state index in [1.54, 1.807) is 0 Å². The van der Waals surface area contributed by atoms with Crippen molar-refractivity contribution >= 4 is 29.1 Å². The summed E-state index contributed by atoms with van der Waals surface area (Å²) in [6, 6.07) is 17.1. The lowest BCUT2D eigenvalue weighted by atomic mass is 9.94. The molecule has 1 aliphatic rings.